The van der Waals surface area contributed by atoms with E-state index in [9.17, 15) is 15.0 Å². The van der Waals surface area contributed by atoms with E-state index in [0.29, 0.717) is 24.5 Å². The highest BCUT2D eigenvalue weighted by atomic mass is 16.5. The highest BCUT2D eigenvalue weighted by Gasteiger charge is 2.27. The van der Waals surface area contributed by atoms with Crippen LogP contribution >= 0.6 is 0 Å². The third-order valence-corrected chi connectivity index (χ3v) is 6.63. The summed E-state index contributed by atoms with van der Waals surface area (Å²) in [5.41, 5.74) is 3.98. The molecule has 2 unspecified atom stereocenters. The Labute approximate surface area is 196 Å². The molecule has 2 aliphatic heterocycles. The quantitative estimate of drug-likeness (QED) is 0.474. The van der Waals surface area contributed by atoms with Crippen LogP contribution in [0.15, 0.2) is 36.8 Å². The lowest BCUT2D eigenvalue weighted by Gasteiger charge is -2.36. The predicted octanol–water partition coefficient (Wildman–Crippen LogP) is 0.421. The van der Waals surface area contributed by atoms with E-state index >= 15 is 0 Å². The molecule has 4 heterocycles. The summed E-state index contributed by atoms with van der Waals surface area (Å²) >= 11 is 0. The number of esters is 1. The van der Waals surface area contributed by atoms with Crippen molar-refractivity contribution in [1.29, 1.82) is 0 Å². The number of aromatic nitrogens is 5. The van der Waals surface area contributed by atoms with Crippen LogP contribution in [0.1, 0.15) is 44.8 Å². The average Bonchev–Trinajstić information content (AvgIpc) is 3.51. The molecule has 11 nitrogen and oxygen atoms in total. The number of piperazine rings is 1. The number of hydrogen-bond acceptors (Lipinski definition) is 10. The van der Waals surface area contributed by atoms with Gasteiger partial charge in [-0.05, 0) is 40.6 Å². The van der Waals surface area contributed by atoms with Crippen LogP contribution in [0.5, 0.6) is 0 Å². The first-order valence-corrected chi connectivity index (χ1v) is 11.3. The van der Waals surface area contributed by atoms with Crippen LogP contribution in [0.4, 0.5) is 0 Å². The van der Waals surface area contributed by atoms with Crippen molar-refractivity contribution < 1.29 is 19.7 Å². The number of fused-ring (bicyclic) bond motifs is 1. The van der Waals surface area contributed by atoms with Gasteiger partial charge in [-0.2, -0.15) is 4.68 Å². The van der Waals surface area contributed by atoms with E-state index in [0.717, 1.165) is 48.4 Å². The summed E-state index contributed by atoms with van der Waals surface area (Å²) in [6.45, 7) is 6.43. The van der Waals surface area contributed by atoms with Gasteiger partial charge in [0.15, 0.2) is 5.82 Å². The Balaban J connectivity index is 1.12. The Morgan fingerprint density at radius 2 is 1.76 bits per heavy atom. The van der Waals surface area contributed by atoms with Crippen LogP contribution in [0.2, 0.25) is 0 Å². The van der Waals surface area contributed by atoms with E-state index in [1.807, 2.05) is 19.1 Å². The van der Waals surface area contributed by atoms with Crippen molar-refractivity contribution in [2.45, 2.75) is 25.7 Å². The van der Waals surface area contributed by atoms with Gasteiger partial charge >= 0.3 is 5.97 Å². The van der Waals surface area contributed by atoms with E-state index < -0.39 is 12.2 Å². The number of aliphatic hydroxyl groups excluding tert-OH is 2. The molecule has 0 spiro atoms. The molecule has 2 aliphatic rings. The van der Waals surface area contributed by atoms with Gasteiger partial charge in [-0.25, -0.2) is 9.78 Å². The molecule has 0 radical (unpaired) electrons. The third-order valence-electron chi connectivity index (χ3n) is 6.63. The molecule has 2 atom stereocenters. The number of ether oxygens (including phenoxy) is 1. The molecule has 0 bridgehead atoms. The molecule has 0 amide bonds. The standard InChI is InChI=1S/C23H27N7O4/c1-15-17(3-4-18-19(15)13-34-23(18)33)21(32)12-29-8-6-28(7-9-29)11-20(31)16-2-5-22(24-10-16)30-14-25-26-27-30/h2-5,10,14,20-21,31-32H,6-9,11-13H2,1H3. The lowest BCUT2D eigenvalue weighted by atomic mass is 9.95. The molecule has 5 rings (SSSR count). The normalized spacial score (nSPS) is 18.5. The molecule has 0 aliphatic carbocycles. The molecule has 11 heteroatoms. The highest BCUT2D eigenvalue weighted by Crippen LogP contribution is 2.29. The second-order valence-corrected chi connectivity index (χ2v) is 8.72. The molecule has 3 aromatic rings. The van der Waals surface area contributed by atoms with E-state index in [1.54, 1.807) is 18.3 Å². The number of cyclic esters (lactones) is 1. The molecular formula is C23H27N7O4. The maximum absolute atomic E-state index is 11.8. The van der Waals surface area contributed by atoms with Crippen molar-refractivity contribution in [1.82, 2.24) is 35.0 Å². The van der Waals surface area contributed by atoms with Crippen LogP contribution < -0.4 is 0 Å². The minimum absolute atomic E-state index is 0.275. The van der Waals surface area contributed by atoms with E-state index in [-0.39, 0.29) is 12.6 Å². The van der Waals surface area contributed by atoms with Crippen LogP contribution in [0.25, 0.3) is 5.82 Å². The number of tetrazole rings is 1. The Morgan fingerprint density at radius 1 is 1.03 bits per heavy atom. The molecule has 34 heavy (non-hydrogen) atoms. The Morgan fingerprint density at radius 3 is 2.41 bits per heavy atom. The smallest absolute Gasteiger partial charge is 0.338 e. The number of hydrogen-bond donors (Lipinski definition) is 2. The molecule has 1 aromatic carbocycles. The first kappa shape index (κ1) is 22.5. The van der Waals surface area contributed by atoms with Crippen LogP contribution in [-0.2, 0) is 11.3 Å². The fourth-order valence-electron chi connectivity index (χ4n) is 4.57. The molecule has 1 fully saturated rings. The van der Waals surface area contributed by atoms with Crippen molar-refractivity contribution in [2.24, 2.45) is 0 Å². The summed E-state index contributed by atoms with van der Waals surface area (Å²) < 4.78 is 6.58. The number of pyridine rings is 1. The summed E-state index contributed by atoms with van der Waals surface area (Å²) in [5, 5.41) is 32.5. The number of carbonyl (C=O) groups is 1. The monoisotopic (exact) mass is 465 g/mol. The van der Waals surface area contributed by atoms with Crippen molar-refractivity contribution in [3.8, 4) is 5.82 Å². The predicted molar refractivity (Wildman–Crippen MR) is 120 cm³/mol. The van der Waals surface area contributed by atoms with Gasteiger partial charge in [0.2, 0.25) is 0 Å². The lowest BCUT2D eigenvalue weighted by molar-refractivity contribution is 0.0480. The summed E-state index contributed by atoms with van der Waals surface area (Å²) in [6.07, 6.45) is 1.83. The maximum Gasteiger partial charge on any atom is 0.338 e. The van der Waals surface area contributed by atoms with E-state index in [2.05, 4.69) is 30.3 Å². The number of nitrogens with zero attached hydrogens (tertiary/aromatic N) is 7. The van der Waals surface area contributed by atoms with Gasteiger partial charge in [0.05, 0.1) is 17.8 Å². The van der Waals surface area contributed by atoms with Gasteiger partial charge in [0.25, 0.3) is 0 Å². The Kier molecular flexibility index (Phi) is 6.33. The van der Waals surface area contributed by atoms with Gasteiger partial charge in [0.1, 0.15) is 12.9 Å². The highest BCUT2D eigenvalue weighted by molar-refractivity contribution is 5.93. The van der Waals surface area contributed by atoms with Gasteiger partial charge in [-0.15, -0.1) is 5.10 Å². The molecule has 178 valence electrons. The zero-order valence-corrected chi connectivity index (χ0v) is 18.9. The number of carbonyl (C=O) groups excluding carboxylic acids is 1. The number of benzene rings is 1. The summed E-state index contributed by atoms with van der Waals surface area (Å²) in [7, 11) is 0. The van der Waals surface area contributed by atoms with Gasteiger partial charge in [0, 0.05) is 56.6 Å². The largest absolute Gasteiger partial charge is 0.457 e. The van der Waals surface area contributed by atoms with Crippen molar-refractivity contribution in [3.05, 3.63) is 64.6 Å². The second kappa shape index (κ2) is 9.55. The topological polar surface area (TPSA) is 130 Å². The average molecular weight is 466 g/mol. The Hall–Kier alpha value is -3.25. The molecule has 2 N–H and O–H groups in total. The van der Waals surface area contributed by atoms with Gasteiger partial charge in [-0.3, -0.25) is 9.80 Å². The van der Waals surface area contributed by atoms with Crippen molar-refractivity contribution in [2.75, 3.05) is 39.3 Å². The third kappa shape index (κ3) is 4.55. The molecule has 1 saturated heterocycles. The minimum atomic E-state index is -0.647. The first-order valence-electron chi connectivity index (χ1n) is 11.3. The minimum Gasteiger partial charge on any atom is -0.457 e. The molecular weight excluding hydrogens is 438 g/mol. The van der Waals surface area contributed by atoms with Crippen LogP contribution in [0.3, 0.4) is 0 Å². The zero-order valence-electron chi connectivity index (χ0n) is 18.9. The molecule has 0 saturated carbocycles. The number of β-amino-alcohol motifs (C(OH)–C–C–N with tert-alkyl or cyclic N) is 2. The fourth-order valence-corrected chi connectivity index (χ4v) is 4.57. The van der Waals surface area contributed by atoms with E-state index in [4.69, 9.17) is 4.74 Å². The van der Waals surface area contributed by atoms with Crippen LogP contribution in [0, 0.1) is 6.92 Å². The summed E-state index contributed by atoms with van der Waals surface area (Å²) in [5.74, 6) is 0.294. The van der Waals surface area contributed by atoms with E-state index in [1.165, 1.54) is 11.0 Å². The maximum atomic E-state index is 11.8. The van der Waals surface area contributed by atoms with Crippen molar-refractivity contribution >= 4 is 5.97 Å². The summed E-state index contributed by atoms with van der Waals surface area (Å²) in [4.78, 5) is 20.5. The second-order valence-electron chi connectivity index (χ2n) is 8.72. The number of rotatable bonds is 7. The van der Waals surface area contributed by atoms with Gasteiger partial charge in [-0.1, -0.05) is 12.1 Å². The number of aliphatic hydroxyl groups is 2. The van der Waals surface area contributed by atoms with Gasteiger partial charge < -0.3 is 14.9 Å². The fraction of sp³-hybridized carbons (Fsp3) is 0.435. The Bertz CT molecular complexity index is 1140. The van der Waals surface area contributed by atoms with Crippen LogP contribution in [-0.4, -0.2) is 90.4 Å². The van der Waals surface area contributed by atoms with Crippen molar-refractivity contribution in [3.63, 3.8) is 0 Å². The lowest BCUT2D eigenvalue weighted by Crippen LogP contribution is -2.48. The first-order chi connectivity index (χ1) is 16.5. The molecule has 2 aromatic heterocycles. The SMILES string of the molecule is Cc1c(C(O)CN2CCN(CC(O)c3ccc(-n4cnnn4)nc3)CC2)ccc2c1COC2=O. The zero-order chi connectivity index (χ0) is 23.7. The summed E-state index contributed by atoms with van der Waals surface area (Å²) in [6, 6.07) is 7.19.